The molecule has 17 heavy (non-hydrogen) atoms. The van der Waals surface area contributed by atoms with Gasteiger partial charge in [0.15, 0.2) is 11.5 Å². The molecule has 0 saturated heterocycles. The topological polar surface area (TPSA) is 58.9 Å². The van der Waals surface area contributed by atoms with Crippen molar-refractivity contribution in [2.24, 2.45) is 0 Å². The van der Waals surface area contributed by atoms with E-state index in [1.54, 1.807) is 0 Å². The first-order valence-electron chi connectivity index (χ1n) is 5.44. The van der Waals surface area contributed by atoms with E-state index in [4.69, 9.17) is 31.1 Å². The van der Waals surface area contributed by atoms with Crippen molar-refractivity contribution < 1.29 is 19.5 Å². The average molecular weight is 259 g/mol. The molecule has 1 aromatic rings. The fourth-order valence-corrected chi connectivity index (χ4v) is 1.64. The van der Waals surface area contributed by atoms with Crippen molar-refractivity contribution >= 4 is 24.2 Å². The Labute approximate surface area is 106 Å². The Morgan fingerprint density at radius 1 is 1.35 bits per heavy atom. The first kappa shape index (κ1) is 14.2. The molecule has 94 valence electrons. The van der Waals surface area contributed by atoms with Crippen LogP contribution in [0.25, 0.3) is 0 Å². The molecule has 0 amide bonds. The van der Waals surface area contributed by atoms with Gasteiger partial charge in [-0.25, -0.2) is 0 Å². The van der Waals surface area contributed by atoms with E-state index in [9.17, 15) is 0 Å². The number of rotatable bonds is 5. The van der Waals surface area contributed by atoms with Gasteiger partial charge in [-0.2, -0.15) is 0 Å². The first-order chi connectivity index (χ1) is 7.95. The van der Waals surface area contributed by atoms with E-state index in [1.807, 2.05) is 20.8 Å². The predicted molar refractivity (Wildman–Crippen MR) is 68.2 cm³/mol. The summed E-state index contributed by atoms with van der Waals surface area (Å²) in [4.78, 5) is 0. The summed E-state index contributed by atoms with van der Waals surface area (Å²) in [6, 6.07) is 2.96. The summed E-state index contributed by atoms with van der Waals surface area (Å²) in [5.41, 5.74) is 0.272. The second kappa shape index (κ2) is 6.14. The van der Waals surface area contributed by atoms with Crippen LogP contribution < -0.4 is 14.9 Å². The minimum Gasteiger partial charge on any atom is -0.488 e. The molecule has 0 fully saturated rings. The molecule has 0 aliphatic heterocycles. The molecule has 0 atom stereocenters. The van der Waals surface area contributed by atoms with E-state index in [0.717, 1.165) is 0 Å². The van der Waals surface area contributed by atoms with Gasteiger partial charge in [-0.3, -0.25) is 0 Å². The molecule has 0 aromatic heterocycles. The van der Waals surface area contributed by atoms with Crippen molar-refractivity contribution in [1.82, 2.24) is 0 Å². The lowest BCUT2D eigenvalue weighted by atomic mass is 9.80. The molecule has 0 unspecified atom stereocenters. The van der Waals surface area contributed by atoms with Crippen molar-refractivity contribution in [2.75, 3.05) is 6.61 Å². The van der Waals surface area contributed by atoms with Gasteiger partial charge in [-0.05, 0) is 38.4 Å². The predicted octanol–water partition coefficient (Wildman–Crippen LogP) is 1.21. The van der Waals surface area contributed by atoms with E-state index in [-0.39, 0.29) is 11.6 Å². The highest BCUT2D eigenvalue weighted by Crippen LogP contribution is 2.34. The van der Waals surface area contributed by atoms with E-state index in [0.29, 0.717) is 23.1 Å². The van der Waals surface area contributed by atoms with Crippen LogP contribution in [-0.4, -0.2) is 29.9 Å². The van der Waals surface area contributed by atoms with Crippen molar-refractivity contribution in [3.05, 3.63) is 17.2 Å². The van der Waals surface area contributed by atoms with Crippen LogP contribution in [-0.2, 0) is 0 Å². The second-order valence-electron chi connectivity index (χ2n) is 3.80. The van der Waals surface area contributed by atoms with Crippen LogP contribution in [0.3, 0.4) is 0 Å². The third-order valence-corrected chi connectivity index (χ3v) is 2.26. The number of halogens is 1. The van der Waals surface area contributed by atoms with Crippen LogP contribution in [0.4, 0.5) is 0 Å². The molecule has 0 aliphatic carbocycles. The number of ether oxygens (including phenoxy) is 2. The lowest BCUT2D eigenvalue weighted by molar-refractivity contribution is 0.224. The van der Waals surface area contributed by atoms with Gasteiger partial charge in [0, 0.05) is 0 Å². The largest absolute Gasteiger partial charge is 0.488 e. The Bertz CT molecular complexity index is 382. The highest BCUT2D eigenvalue weighted by atomic mass is 35.5. The first-order valence-corrected chi connectivity index (χ1v) is 5.82. The summed E-state index contributed by atoms with van der Waals surface area (Å²) in [6.45, 7) is 6.02. The average Bonchev–Trinajstić information content (AvgIpc) is 2.21. The van der Waals surface area contributed by atoms with Crippen LogP contribution in [0.5, 0.6) is 11.5 Å². The summed E-state index contributed by atoms with van der Waals surface area (Å²) in [5.74, 6) is 0.838. The van der Waals surface area contributed by atoms with Gasteiger partial charge >= 0.3 is 7.12 Å². The lowest BCUT2D eigenvalue weighted by Crippen LogP contribution is -2.30. The van der Waals surface area contributed by atoms with Gasteiger partial charge in [-0.1, -0.05) is 11.6 Å². The fraction of sp³-hybridized carbons (Fsp3) is 0.455. The summed E-state index contributed by atoms with van der Waals surface area (Å²) in [7, 11) is -1.59. The quantitative estimate of drug-likeness (QED) is 0.779. The molecule has 4 nitrogen and oxygen atoms in total. The Balaban J connectivity index is 3.18. The van der Waals surface area contributed by atoms with Crippen molar-refractivity contribution in [3.63, 3.8) is 0 Å². The smallest absolute Gasteiger partial charge is 0.488 e. The van der Waals surface area contributed by atoms with E-state index in [1.165, 1.54) is 12.1 Å². The molecule has 0 radical (unpaired) electrons. The van der Waals surface area contributed by atoms with Crippen LogP contribution in [0.2, 0.25) is 5.02 Å². The summed E-state index contributed by atoms with van der Waals surface area (Å²) in [6.07, 6.45) is -0.0589. The molecule has 0 saturated carbocycles. The fourth-order valence-electron chi connectivity index (χ4n) is 1.36. The monoisotopic (exact) mass is 258 g/mol. The molecular formula is C11H16BClO4. The van der Waals surface area contributed by atoms with Crippen molar-refractivity contribution in [1.29, 1.82) is 0 Å². The van der Waals surface area contributed by atoms with Gasteiger partial charge in [0.05, 0.1) is 17.7 Å². The molecule has 0 spiro atoms. The SMILES string of the molecule is CCOc1c(Cl)cc(B(O)O)cc1OC(C)C. The Kier molecular flexibility index (Phi) is 5.12. The molecule has 0 heterocycles. The second-order valence-corrected chi connectivity index (χ2v) is 4.21. The van der Waals surface area contributed by atoms with Gasteiger partial charge in [-0.15, -0.1) is 0 Å². The van der Waals surface area contributed by atoms with Gasteiger partial charge in [0.2, 0.25) is 0 Å². The van der Waals surface area contributed by atoms with Crippen molar-refractivity contribution in [2.45, 2.75) is 26.9 Å². The van der Waals surface area contributed by atoms with Crippen LogP contribution in [0.1, 0.15) is 20.8 Å². The summed E-state index contributed by atoms with van der Waals surface area (Å²) >= 11 is 6.01. The van der Waals surface area contributed by atoms with Crippen LogP contribution in [0.15, 0.2) is 12.1 Å². The number of hydrogen-bond acceptors (Lipinski definition) is 4. The van der Waals surface area contributed by atoms with Crippen LogP contribution >= 0.6 is 11.6 Å². The van der Waals surface area contributed by atoms with Gasteiger partial charge in [0.1, 0.15) is 0 Å². The number of hydrogen-bond donors (Lipinski definition) is 2. The molecule has 0 aliphatic rings. The molecule has 1 aromatic carbocycles. The maximum absolute atomic E-state index is 9.13. The standard InChI is InChI=1S/C11H16BClO4/c1-4-16-11-9(13)5-8(12(14)15)6-10(11)17-7(2)3/h5-7,14-15H,4H2,1-3H3. The van der Waals surface area contributed by atoms with E-state index >= 15 is 0 Å². The number of benzene rings is 1. The third-order valence-electron chi connectivity index (χ3n) is 1.98. The Hall–Kier alpha value is -0.905. The minimum absolute atomic E-state index is 0.0589. The Morgan fingerprint density at radius 3 is 2.47 bits per heavy atom. The normalized spacial score (nSPS) is 10.5. The van der Waals surface area contributed by atoms with E-state index < -0.39 is 7.12 Å². The molecule has 0 bridgehead atoms. The lowest BCUT2D eigenvalue weighted by Gasteiger charge is -2.17. The highest BCUT2D eigenvalue weighted by Gasteiger charge is 2.19. The maximum Gasteiger partial charge on any atom is 0.488 e. The minimum atomic E-state index is -1.59. The van der Waals surface area contributed by atoms with Gasteiger partial charge in [0.25, 0.3) is 0 Å². The van der Waals surface area contributed by atoms with E-state index in [2.05, 4.69) is 0 Å². The van der Waals surface area contributed by atoms with Gasteiger partial charge < -0.3 is 19.5 Å². The van der Waals surface area contributed by atoms with Crippen molar-refractivity contribution in [3.8, 4) is 11.5 Å². The van der Waals surface area contributed by atoms with Crippen LogP contribution in [0, 0.1) is 0 Å². The summed E-state index contributed by atoms with van der Waals surface area (Å²) < 4.78 is 10.9. The Morgan fingerprint density at radius 2 is 2.00 bits per heavy atom. The maximum atomic E-state index is 9.13. The summed E-state index contributed by atoms with van der Waals surface area (Å²) in [5, 5.41) is 18.6. The zero-order valence-electron chi connectivity index (χ0n) is 10.1. The zero-order chi connectivity index (χ0) is 13.0. The molecular weight excluding hydrogens is 242 g/mol. The third kappa shape index (κ3) is 3.80. The molecule has 6 heteroatoms. The zero-order valence-corrected chi connectivity index (χ0v) is 10.9. The highest BCUT2D eigenvalue weighted by molar-refractivity contribution is 6.59. The molecule has 2 N–H and O–H groups in total. The molecule has 1 rings (SSSR count).